The van der Waals surface area contributed by atoms with Crippen LogP contribution in [-0.2, 0) is 5.21 Å². The van der Waals surface area contributed by atoms with Gasteiger partial charge in [-0.25, -0.2) is 0 Å². The van der Waals surface area contributed by atoms with Gasteiger partial charge in [-0.3, -0.25) is 0 Å². The number of hydrogen-bond donors (Lipinski definition) is 0. The van der Waals surface area contributed by atoms with Gasteiger partial charge in [-0.1, -0.05) is 40.6 Å². The largest absolute Gasteiger partial charge is 0.198 e. The van der Waals surface area contributed by atoms with Crippen molar-refractivity contribution < 1.29 is 0 Å². The first-order chi connectivity index (χ1) is 6.81. The molecule has 0 aliphatic heterocycles. The summed E-state index contributed by atoms with van der Waals surface area (Å²) in [5.41, 5.74) is 1.12. The lowest BCUT2D eigenvalue weighted by atomic mass is 9.41. The molecule has 0 aliphatic carbocycles. The van der Waals surface area contributed by atoms with Crippen LogP contribution in [0.25, 0.3) is 0 Å². The summed E-state index contributed by atoms with van der Waals surface area (Å²) in [4.78, 5) is 0. The maximum atomic E-state index is 9.04. The highest BCUT2D eigenvalue weighted by molar-refractivity contribution is 6.41. The van der Waals surface area contributed by atoms with E-state index in [9.17, 15) is 0 Å². The third kappa shape index (κ3) is 2.09. The van der Waals surface area contributed by atoms with Gasteiger partial charge in [0.15, 0.2) is 0 Å². The van der Waals surface area contributed by atoms with Crippen molar-refractivity contribution in [2.45, 2.75) is 26.0 Å². The first-order valence-electron chi connectivity index (χ1n) is 4.87. The summed E-state index contributed by atoms with van der Waals surface area (Å²) in [6.45, 7) is 5.48. The number of rotatable bonds is 2. The van der Waals surface area contributed by atoms with Crippen molar-refractivity contribution >= 4 is 15.7 Å². The molecule has 0 saturated heterocycles. The van der Waals surface area contributed by atoms with Crippen molar-refractivity contribution in [1.29, 1.82) is 5.26 Å². The van der Waals surface area contributed by atoms with E-state index in [1.807, 2.05) is 31.2 Å². The van der Waals surface area contributed by atoms with Crippen molar-refractivity contribution in [3.8, 4) is 6.07 Å². The number of hydrogen-bond acceptors (Lipinski definition) is 1. The second-order valence-corrected chi connectivity index (χ2v) is 4.47. The molecule has 4 radical (unpaired) electrons. The fourth-order valence-electron chi connectivity index (χ4n) is 1.28. The fourth-order valence-corrected chi connectivity index (χ4v) is 1.28. The van der Waals surface area contributed by atoms with Gasteiger partial charge in [0.25, 0.3) is 0 Å². The molecule has 0 aliphatic rings. The van der Waals surface area contributed by atoms with Crippen molar-refractivity contribution in [3.05, 3.63) is 35.4 Å². The second kappa shape index (κ2) is 3.77. The van der Waals surface area contributed by atoms with Crippen LogP contribution in [0.4, 0.5) is 0 Å². The molecular weight excluding hydrogens is 180 g/mol. The van der Waals surface area contributed by atoms with Gasteiger partial charge < -0.3 is 0 Å². The molecule has 0 aromatic heterocycles. The molecule has 72 valence electrons. The van der Waals surface area contributed by atoms with Crippen LogP contribution in [-0.4, -0.2) is 15.7 Å². The van der Waals surface area contributed by atoms with Crippen LogP contribution < -0.4 is 0 Å². The third-order valence-electron chi connectivity index (χ3n) is 2.84. The maximum absolute atomic E-state index is 9.04. The highest BCUT2D eigenvalue weighted by Crippen LogP contribution is 2.35. The van der Waals surface area contributed by atoms with Crippen molar-refractivity contribution in [2.75, 3.05) is 0 Å². The first kappa shape index (κ1) is 11.9. The number of aryl methyl sites for hydroxylation is 1. The molecule has 0 fully saturated rings. The van der Waals surface area contributed by atoms with Gasteiger partial charge in [0, 0.05) is 5.41 Å². The molecule has 0 N–H and O–H groups in total. The van der Waals surface area contributed by atoms with E-state index in [0.717, 1.165) is 11.1 Å². The smallest absolute Gasteiger partial charge is 0.0703 e. The third-order valence-corrected chi connectivity index (χ3v) is 2.84. The minimum Gasteiger partial charge on any atom is -0.198 e. The zero-order valence-corrected chi connectivity index (χ0v) is 9.41. The average Bonchev–Trinajstić information content (AvgIpc) is 2.18. The highest BCUT2D eigenvalue weighted by Gasteiger charge is 2.37. The standard InChI is InChI=1S/C12H13B2N/c1-9-4-6-10(7-5-9)12(13,14)11(2,3)8-15/h4-7H,1-3H3. The Hall–Kier alpha value is -1.16. The fraction of sp³-hybridized carbons (Fsp3) is 0.417. The van der Waals surface area contributed by atoms with E-state index in [-0.39, 0.29) is 0 Å². The summed E-state index contributed by atoms with van der Waals surface area (Å²) in [5, 5.41) is 7.91. The Bertz CT molecular complexity index is 385. The molecule has 0 bridgehead atoms. The Balaban J connectivity index is 3.18. The van der Waals surface area contributed by atoms with Crippen LogP contribution in [0.3, 0.4) is 0 Å². The summed E-state index contributed by atoms with van der Waals surface area (Å²) in [6.07, 6.45) is 0. The topological polar surface area (TPSA) is 23.8 Å². The molecule has 1 rings (SSSR count). The Kier molecular flexibility index (Phi) is 3.00. The Labute approximate surface area is 94.3 Å². The number of nitrogens with zero attached hydrogens (tertiary/aromatic N) is 1. The zero-order valence-electron chi connectivity index (χ0n) is 9.41. The van der Waals surface area contributed by atoms with Crippen LogP contribution in [0, 0.1) is 23.7 Å². The number of benzene rings is 1. The number of nitriles is 1. The SMILES string of the molecule is [B]C([B])(c1ccc(C)cc1)C(C)(C)C#N. The van der Waals surface area contributed by atoms with E-state index in [1.54, 1.807) is 13.8 Å². The summed E-state index contributed by atoms with van der Waals surface area (Å²) in [5.74, 6) is 0. The predicted octanol–water partition coefficient (Wildman–Crippen LogP) is 2.03. The summed E-state index contributed by atoms with van der Waals surface area (Å²) < 4.78 is 0. The van der Waals surface area contributed by atoms with Crippen LogP contribution in [0.15, 0.2) is 24.3 Å². The lowest BCUT2D eigenvalue weighted by molar-refractivity contribution is 0.432. The average molecular weight is 193 g/mol. The molecule has 0 atom stereocenters. The van der Waals surface area contributed by atoms with E-state index in [1.165, 1.54) is 0 Å². The van der Waals surface area contributed by atoms with Gasteiger partial charge in [0.1, 0.15) is 0 Å². The summed E-state index contributed by atoms with van der Waals surface area (Å²) in [6, 6.07) is 9.77. The van der Waals surface area contributed by atoms with E-state index in [2.05, 4.69) is 6.07 Å². The van der Waals surface area contributed by atoms with E-state index in [4.69, 9.17) is 21.0 Å². The first-order valence-corrected chi connectivity index (χ1v) is 4.87. The van der Waals surface area contributed by atoms with Gasteiger partial charge in [0.2, 0.25) is 0 Å². The van der Waals surface area contributed by atoms with Crippen molar-refractivity contribution in [3.63, 3.8) is 0 Å². The Morgan fingerprint density at radius 2 is 1.60 bits per heavy atom. The molecule has 0 unspecified atom stereocenters. The Morgan fingerprint density at radius 3 is 2.00 bits per heavy atom. The lowest BCUT2D eigenvalue weighted by Crippen LogP contribution is -2.42. The predicted molar refractivity (Wildman–Crippen MR) is 63.8 cm³/mol. The molecule has 15 heavy (non-hydrogen) atoms. The van der Waals surface area contributed by atoms with Crippen LogP contribution in [0.2, 0.25) is 0 Å². The van der Waals surface area contributed by atoms with Gasteiger partial charge in [-0.05, 0) is 20.8 Å². The minimum atomic E-state index is -1.13. The van der Waals surface area contributed by atoms with E-state index >= 15 is 0 Å². The molecule has 1 nitrogen and oxygen atoms in total. The van der Waals surface area contributed by atoms with Crippen LogP contribution in [0.5, 0.6) is 0 Å². The van der Waals surface area contributed by atoms with E-state index in [0.29, 0.717) is 0 Å². The summed E-state index contributed by atoms with van der Waals surface area (Å²) >= 11 is 0. The normalized spacial score (nSPS) is 12.1. The quantitative estimate of drug-likeness (QED) is 0.659. The summed E-state index contributed by atoms with van der Waals surface area (Å²) in [7, 11) is 12.1. The molecule has 1 aromatic carbocycles. The maximum Gasteiger partial charge on any atom is 0.0703 e. The van der Waals surface area contributed by atoms with Gasteiger partial charge in [-0.2, -0.15) is 5.26 Å². The molecule has 0 heterocycles. The lowest BCUT2D eigenvalue weighted by Gasteiger charge is -2.38. The monoisotopic (exact) mass is 193 g/mol. The van der Waals surface area contributed by atoms with Crippen molar-refractivity contribution in [2.24, 2.45) is 5.41 Å². The zero-order chi connectivity index (χ0) is 11.7. The Morgan fingerprint density at radius 1 is 1.13 bits per heavy atom. The molecular formula is C12H13B2N. The molecule has 1 aromatic rings. The molecule has 0 spiro atoms. The molecule has 0 amide bonds. The van der Waals surface area contributed by atoms with Crippen LogP contribution >= 0.6 is 0 Å². The van der Waals surface area contributed by atoms with E-state index < -0.39 is 10.6 Å². The van der Waals surface area contributed by atoms with Crippen LogP contribution in [0.1, 0.15) is 25.0 Å². The van der Waals surface area contributed by atoms with Gasteiger partial charge in [-0.15, -0.1) is 0 Å². The van der Waals surface area contributed by atoms with Crippen molar-refractivity contribution in [1.82, 2.24) is 0 Å². The minimum absolute atomic E-state index is 0.777. The molecule has 3 heteroatoms. The van der Waals surface area contributed by atoms with Gasteiger partial charge in [0.05, 0.1) is 21.8 Å². The second-order valence-electron chi connectivity index (χ2n) is 4.47. The molecule has 0 saturated carbocycles. The van der Waals surface area contributed by atoms with Gasteiger partial charge >= 0.3 is 0 Å². The highest BCUT2D eigenvalue weighted by atomic mass is 14.4.